The zero-order valence-electron chi connectivity index (χ0n) is 8.29. The minimum absolute atomic E-state index is 0.234. The van der Waals surface area contributed by atoms with Crippen molar-refractivity contribution in [2.24, 2.45) is 0 Å². The Bertz CT molecular complexity index is 699. The molecule has 0 heterocycles. The van der Waals surface area contributed by atoms with Crippen molar-refractivity contribution in [1.82, 2.24) is 0 Å². The monoisotopic (exact) mass is 237 g/mol. The van der Waals surface area contributed by atoms with Gasteiger partial charge < -0.3 is 5.73 Å². The molecule has 4 nitrogen and oxygen atoms in total. The molecule has 2 aromatic carbocycles. The first kappa shape index (κ1) is 11.1. The average molecular weight is 237 g/mol. The van der Waals surface area contributed by atoms with E-state index in [4.69, 9.17) is 5.73 Å². The van der Waals surface area contributed by atoms with Crippen molar-refractivity contribution in [1.29, 1.82) is 0 Å². The van der Waals surface area contributed by atoms with Gasteiger partial charge >= 0.3 is 0 Å². The Morgan fingerprint density at radius 3 is 2.24 bits per heavy atom. The van der Waals surface area contributed by atoms with E-state index in [-0.39, 0.29) is 5.56 Å². The molecule has 0 spiro atoms. The number of nitrogen functional groups attached to an aromatic ring is 1. The zero-order valence-corrected chi connectivity index (χ0v) is 8.29. The fourth-order valence-corrected chi connectivity index (χ4v) is 1.42. The van der Waals surface area contributed by atoms with E-state index in [0.29, 0.717) is 6.07 Å². The summed E-state index contributed by atoms with van der Waals surface area (Å²) in [7, 11) is 0. The molecule has 17 heavy (non-hydrogen) atoms. The lowest BCUT2D eigenvalue weighted by Crippen LogP contribution is -2.40. The summed E-state index contributed by atoms with van der Waals surface area (Å²) in [5, 5.41) is 0. The van der Waals surface area contributed by atoms with Crippen molar-refractivity contribution in [2.75, 3.05) is 5.73 Å². The van der Waals surface area contributed by atoms with Gasteiger partial charge in [0.25, 0.3) is 0 Å². The second-order valence-electron chi connectivity index (χ2n) is 3.40. The largest absolute Gasteiger partial charge is 0.395 e. The quantitative estimate of drug-likeness (QED) is 0.604. The summed E-state index contributed by atoms with van der Waals surface area (Å²) >= 11 is 0. The number of carbonyl (C=O) groups excluding carboxylic acids is 1. The third-order valence-corrected chi connectivity index (χ3v) is 2.36. The molecule has 0 saturated carbocycles. The van der Waals surface area contributed by atoms with Crippen LogP contribution in [0.5, 0.6) is 0 Å². The smallest absolute Gasteiger partial charge is 0.250 e. The van der Waals surface area contributed by atoms with Gasteiger partial charge in [-0.15, -0.1) is 0 Å². The third kappa shape index (κ3) is 1.54. The Morgan fingerprint density at radius 1 is 1.06 bits per heavy atom. The maximum Gasteiger partial charge on any atom is 0.250 e. The Labute approximate surface area is 93.0 Å². The van der Waals surface area contributed by atoms with E-state index < -0.39 is 39.5 Å². The summed E-state index contributed by atoms with van der Waals surface area (Å²) in [4.78, 5) is 33.5. The van der Waals surface area contributed by atoms with E-state index in [0.717, 1.165) is 12.1 Å². The Morgan fingerprint density at radius 2 is 1.71 bits per heavy atom. The topological polar surface area (TPSA) is 77.2 Å². The lowest BCUT2D eigenvalue weighted by Gasteiger charge is -2.05. The molecule has 6 heteroatoms. The van der Waals surface area contributed by atoms with Crippen LogP contribution in [0.4, 0.5) is 14.5 Å². The lowest BCUT2D eigenvalue weighted by atomic mass is 9.97. The predicted molar refractivity (Wildman–Crippen MR) is 55.6 cm³/mol. The highest BCUT2D eigenvalue weighted by Gasteiger charge is 2.25. The number of rotatable bonds is 2. The van der Waals surface area contributed by atoms with Crippen molar-refractivity contribution in [3.63, 3.8) is 0 Å². The molecule has 0 aromatic heterocycles. The van der Waals surface area contributed by atoms with Crippen molar-refractivity contribution in [3.05, 3.63) is 61.4 Å². The first-order valence-electron chi connectivity index (χ1n) is 4.52. The van der Waals surface area contributed by atoms with Crippen LogP contribution in [-0.2, 0) is 0 Å². The lowest BCUT2D eigenvalue weighted by molar-refractivity contribution is 0.103. The highest BCUT2D eigenvalue weighted by molar-refractivity contribution is 6.13. The van der Waals surface area contributed by atoms with Gasteiger partial charge in [-0.1, -0.05) is 0 Å². The molecule has 0 radical (unpaired) electrons. The Balaban J connectivity index is 2.49. The summed E-state index contributed by atoms with van der Waals surface area (Å²) in [5.41, 5.74) is 2.10. The van der Waals surface area contributed by atoms with Crippen LogP contribution in [0.3, 0.4) is 0 Å². The van der Waals surface area contributed by atoms with E-state index in [9.17, 15) is 23.2 Å². The molecule has 0 unspecified atom stereocenters. The molecule has 0 atom stereocenters. The van der Waals surface area contributed by atoms with Crippen LogP contribution in [0.2, 0.25) is 0 Å². The van der Waals surface area contributed by atoms with Gasteiger partial charge in [0.2, 0.25) is 10.9 Å². The van der Waals surface area contributed by atoms with Gasteiger partial charge in [0.15, 0.2) is 17.4 Å². The molecule has 0 fully saturated rings. The number of hydrogen-bond donors (Lipinski definition) is 1. The van der Waals surface area contributed by atoms with Crippen LogP contribution in [0.15, 0.2) is 27.8 Å². The average Bonchev–Trinajstić information content (AvgIpc) is 2.32. The van der Waals surface area contributed by atoms with Crippen LogP contribution >= 0.6 is 0 Å². The summed E-state index contributed by atoms with van der Waals surface area (Å²) in [6, 6.07) is 2.41. The Hall–Kier alpha value is -2.37. The second kappa shape index (κ2) is 3.58. The summed E-state index contributed by atoms with van der Waals surface area (Å²) in [6.07, 6.45) is 0. The summed E-state index contributed by atoms with van der Waals surface area (Å²) in [6.45, 7) is 0. The number of nitrogens with two attached hydrogens (primary N) is 1. The number of hydrogen-bond acceptors (Lipinski definition) is 4. The van der Waals surface area contributed by atoms with E-state index in [1.54, 1.807) is 0 Å². The molecule has 0 aliphatic rings. The molecule has 2 rings (SSSR count). The number of benzene rings is 1. The molecule has 2 N–H and O–H groups in total. The molecule has 2 aromatic rings. The van der Waals surface area contributed by atoms with Crippen molar-refractivity contribution in [3.8, 4) is 0 Å². The molecule has 86 valence electrons. The van der Waals surface area contributed by atoms with Gasteiger partial charge in [-0.25, -0.2) is 8.78 Å². The highest BCUT2D eigenvalue weighted by Crippen LogP contribution is 2.14. The number of anilines is 1. The molecular weight excluding hydrogens is 232 g/mol. The maximum atomic E-state index is 12.9. The van der Waals surface area contributed by atoms with Gasteiger partial charge in [-0.2, -0.15) is 0 Å². The standard InChI is InChI=1S/C11H5F2NO3/c12-5-2-1-4(3-6(5)13)9(15)7-8(14)11(17)10(7)16/h1-3H,14H2. The molecule has 0 aliphatic heterocycles. The van der Waals surface area contributed by atoms with Crippen molar-refractivity contribution < 1.29 is 13.6 Å². The predicted octanol–water partition coefficient (Wildman–Crippen LogP) is 0.374. The fourth-order valence-electron chi connectivity index (χ4n) is 1.42. The first-order chi connectivity index (χ1) is 7.93. The molecule has 0 amide bonds. The maximum absolute atomic E-state index is 12.9. The number of halogens is 2. The molecule has 0 saturated heterocycles. The van der Waals surface area contributed by atoms with Crippen molar-refractivity contribution in [2.45, 2.75) is 0 Å². The van der Waals surface area contributed by atoms with Crippen LogP contribution in [-0.4, -0.2) is 5.78 Å². The Kier molecular flexibility index (Phi) is 2.35. The second-order valence-corrected chi connectivity index (χ2v) is 3.40. The highest BCUT2D eigenvalue weighted by atomic mass is 19.2. The molecule has 0 aliphatic carbocycles. The summed E-state index contributed by atoms with van der Waals surface area (Å²) in [5.74, 6) is -3.21. The van der Waals surface area contributed by atoms with Crippen LogP contribution < -0.4 is 16.6 Å². The molecular formula is C11H5F2NO3. The van der Waals surface area contributed by atoms with Crippen LogP contribution in [0, 0.1) is 11.6 Å². The van der Waals surface area contributed by atoms with Gasteiger partial charge in [0.1, 0.15) is 5.56 Å². The van der Waals surface area contributed by atoms with Crippen molar-refractivity contribution >= 4 is 11.5 Å². The van der Waals surface area contributed by atoms with Gasteiger partial charge in [-0.3, -0.25) is 14.4 Å². The van der Waals surface area contributed by atoms with Gasteiger partial charge in [0, 0.05) is 5.56 Å². The SMILES string of the molecule is Nc1c(C(=O)c2ccc(F)c(F)c2)c(=O)c1=O. The van der Waals surface area contributed by atoms with Gasteiger partial charge in [0.05, 0.1) is 5.69 Å². The zero-order chi connectivity index (χ0) is 12.7. The van der Waals surface area contributed by atoms with Crippen LogP contribution in [0.1, 0.15) is 15.9 Å². The minimum atomic E-state index is -1.21. The van der Waals surface area contributed by atoms with E-state index in [2.05, 4.69) is 0 Å². The van der Waals surface area contributed by atoms with Crippen LogP contribution in [0.25, 0.3) is 0 Å². The number of carbonyl (C=O) groups is 1. The van der Waals surface area contributed by atoms with Gasteiger partial charge in [-0.05, 0) is 18.2 Å². The molecule has 0 bridgehead atoms. The van der Waals surface area contributed by atoms with E-state index in [1.165, 1.54) is 0 Å². The van der Waals surface area contributed by atoms with E-state index in [1.807, 2.05) is 0 Å². The first-order valence-corrected chi connectivity index (χ1v) is 4.52. The number of ketones is 1. The van der Waals surface area contributed by atoms with E-state index >= 15 is 0 Å². The third-order valence-electron chi connectivity index (χ3n) is 2.36. The minimum Gasteiger partial charge on any atom is -0.395 e. The summed E-state index contributed by atoms with van der Waals surface area (Å²) < 4.78 is 25.5. The normalized spacial score (nSPS) is 10.7. The fraction of sp³-hybridized carbons (Fsp3) is 0.